The summed E-state index contributed by atoms with van der Waals surface area (Å²) in [4.78, 5) is 27.7. The van der Waals surface area contributed by atoms with Crippen LogP contribution >= 0.6 is 0 Å². The van der Waals surface area contributed by atoms with Crippen LogP contribution in [0.25, 0.3) is 0 Å². The molecule has 0 bridgehead atoms. The predicted octanol–water partition coefficient (Wildman–Crippen LogP) is 2.22. The quantitative estimate of drug-likeness (QED) is 0.558. The second-order valence-corrected chi connectivity index (χ2v) is 10.9. The lowest BCUT2D eigenvalue weighted by Gasteiger charge is -2.32. The third-order valence-electron chi connectivity index (χ3n) is 6.37. The topological polar surface area (TPSA) is 125 Å². The number of nitrogens with zero attached hydrogens (tertiary/aromatic N) is 2. The summed E-state index contributed by atoms with van der Waals surface area (Å²) in [5.74, 6) is -1.38. The van der Waals surface area contributed by atoms with Gasteiger partial charge in [-0.15, -0.1) is 0 Å². The number of anilines is 1. The maximum Gasteiger partial charge on any atom is 0.323 e. The number of carbonyl (C=O) groups excluding carboxylic acids is 2. The third-order valence-corrected chi connectivity index (χ3v) is 8.16. The molecule has 1 saturated heterocycles. The van der Waals surface area contributed by atoms with E-state index in [1.54, 1.807) is 30.3 Å². The molecule has 1 aliphatic heterocycles. The van der Waals surface area contributed by atoms with Crippen molar-refractivity contribution in [3.63, 3.8) is 0 Å². The van der Waals surface area contributed by atoms with Crippen molar-refractivity contribution in [2.45, 2.75) is 49.7 Å². The maximum absolute atomic E-state index is 13.6. The molecule has 0 radical (unpaired) electrons. The average molecular weight is 504 g/mol. The Morgan fingerprint density at radius 3 is 2.40 bits per heavy atom. The van der Waals surface area contributed by atoms with Gasteiger partial charge in [0.2, 0.25) is 10.0 Å². The van der Waals surface area contributed by atoms with Gasteiger partial charge in [0, 0.05) is 30.9 Å². The molecule has 11 heteroatoms. The highest BCUT2D eigenvalue weighted by Gasteiger charge is 2.46. The molecule has 1 aliphatic carbocycles. The molecule has 0 spiro atoms. The number of nitrogens with one attached hydrogen (secondary N) is 2. The predicted molar refractivity (Wildman–Crippen MR) is 130 cm³/mol. The molecule has 188 valence electrons. The summed E-state index contributed by atoms with van der Waals surface area (Å²) in [6, 6.07) is 13.3. The van der Waals surface area contributed by atoms with Crippen LogP contribution in [0.5, 0.6) is 0 Å². The number of hydrogen-bond donors (Lipinski definition) is 3. The maximum atomic E-state index is 13.6. The fourth-order valence-corrected chi connectivity index (χ4v) is 6.20. The molecule has 35 heavy (non-hydrogen) atoms. The van der Waals surface area contributed by atoms with Crippen LogP contribution in [0.1, 0.15) is 31.2 Å². The molecule has 2 aliphatic rings. The first kappa shape index (κ1) is 25.1. The number of rotatable bonds is 6. The van der Waals surface area contributed by atoms with Gasteiger partial charge in [0.05, 0.1) is 5.75 Å². The zero-order valence-corrected chi connectivity index (χ0v) is 20.1. The van der Waals surface area contributed by atoms with E-state index >= 15 is 0 Å². The van der Waals surface area contributed by atoms with E-state index in [2.05, 4.69) is 10.6 Å². The van der Waals surface area contributed by atoms with Gasteiger partial charge >= 0.3 is 6.03 Å². The Labute approximate surface area is 204 Å². The van der Waals surface area contributed by atoms with Crippen LogP contribution in [0, 0.1) is 5.82 Å². The Balaban J connectivity index is 1.56. The zero-order valence-electron chi connectivity index (χ0n) is 19.3. The largest absolute Gasteiger partial charge is 0.350 e. The van der Waals surface area contributed by atoms with Crippen molar-refractivity contribution in [1.29, 1.82) is 0 Å². The van der Waals surface area contributed by atoms with Crippen LogP contribution < -0.4 is 16.4 Å². The Morgan fingerprint density at radius 1 is 1.00 bits per heavy atom. The van der Waals surface area contributed by atoms with Crippen LogP contribution in [0.2, 0.25) is 0 Å². The summed E-state index contributed by atoms with van der Waals surface area (Å²) in [6.07, 6.45) is 1.54. The summed E-state index contributed by atoms with van der Waals surface area (Å²) in [5, 5.41) is 5.49. The van der Waals surface area contributed by atoms with Gasteiger partial charge in [0.1, 0.15) is 5.82 Å². The van der Waals surface area contributed by atoms with Crippen LogP contribution in [-0.4, -0.2) is 60.9 Å². The fourth-order valence-electron chi connectivity index (χ4n) is 4.55. The van der Waals surface area contributed by atoms with Crippen molar-refractivity contribution in [3.05, 3.63) is 66.0 Å². The number of urea groups is 1. The summed E-state index contributed by atoms with van der Waals surface area (Å²) in [5.41, 5.74) is 6.75. The molecule has 4 rings (SSSR count). The van der Waals surface area contributed by atoms with Gasteiger partial charge in [0.25, 0.3) is 5.91 Å². The van der Waals surface area contributed by atoms with E-state index in [1.807, 2.05) is 0 Å². The van der Waals surface area contributed by atoms with Crippen molar-refractivity contribution in [2.75, 3.05) is 18.4 Å². The highest BCUT2D eigenvalue weighted by molar-refractivity contribution is 7.88. The van der Waals surface area contributed by atoms with Gasteiger partial charge in [-0.05, 0) is 49.4 Å². The number of halogens is 1. The minimum Gasteiger partial charge on any atom is -0.350 e. The molecular weight excluding hydrogens is 473 g/mol. The number of sulfonamides is 1. The van der Waals surface area contributed by atoms with Crippen molar-refractivity contribution in [3.8, 4) is 0 Å². The number of benzene rings is 2. The molecule has 2 aromatic carbocycles. The Hall–Kier alpha value is -3.02. The van der Waals surface area contributed by atoms with Crippen molar-refractivity contribution in [2.24, 2.45) is 5.73 Å². The molecule has 2 fully saturated rings. The first-order valence-electron chi connectivity index (χ1n) is 11.7. The Bertz CT molecular complexity index is 1160. The first-order valence-corrected chi connectivity index (χ1v) is 13.3. The molecule has 1 saturated carbocycles. The monoisotopic (exact) mass is 503 g/mol. The van der Waals surface area contributed by atoms with E-state index in [9.17, 15) is 22.4 Å². The summed E-state index contributed by atoms with van der Waals surface area (Å²) >= 11 is 0. The van der Waals surface area contributed by atoms with Gasteiger partial charge in [-0.25, -0.2) is 17.6 Å². The molecule has 9 nitrogen and oxygen atoms in total. The SMILES string of the molecule is NC1CCC(NC(=O)C2N(C(=O)Nc3cccc(F)c3)CCN2S(=O)(=O)Cc2ccccc2)CC1. The zero-order chi connectivity index (χ0) is 25.0. The lowest BCUT2D eigenvalue weighted by Crippen LogP contribution is -2.56. The van der Waals surface area contributed by atoms with Crippen LogP contribution in [0.3, 0.4) is 0 Å². The van der Waals surface area contributed by atoms with E-state index in [-0.39, 0.29) is 36.6 Å². The van der Waals surface area contributed by atoms with Gasteiger partial charge in [0.15, 0.2) is 6.17 Å². The molecule has 1 heterocycles. The van der Waals surface area contributed by atoms with Crippen LogP contribution in [-0.2, 0) is 20.6 Å². The van der Waals surface area contributed by atoms with E-state index in [1.165, 1.54) is 23.1 Å². The van der Waals surface area contributed by atoms with Gasteiger partial charge in [-0.1, -0.05) is 36.4 Å². The number of amides is 3. The first-order chi connectivity index (χ1) is 16.7. The molecule has 0 aromatic heterocycles. The summed E-state index contributed by atoms with van der Waals surface area (Å²) in [6.45, 7) is -0.0117. The minimum atomic E-state index is -3.93. The van der Waals surface area contributed by atoms with Crippen LogP contribution in [0.15, 0.2) is 54.6 Å². The molecular formula is C24H30FN5O4S. The Kier molecular flexibility index (Phi) is 7.68. The van der Waals surface area contributed by atoms with Crippen molar-refractivity contribution < 1.29 is 22.4 Å². The third kappa shape index (κ3) is 6.16. The minimum absolute atomic E-state index is 0.0167. The highest BCUT2D eigenvalue weighted by Crippen LogP contribution is 2.25. The highest BCUT2D eigenvalue weighted by atomic mass is 32.2. The van der Waals surface area contributed by atoms with E-state index < -0.39 is 33.9 Å². The van der Waals surface area contributed by atoms with E-state index in [4.69, 9.17) is 5.73 Å². The Morgan fingerprint density at radius 2 is 1.71 bits per heavy atom. The van der Waals surface area contributed by atoms with Gasteiger partial charge in [-0.2, -0.15) is 4.31 Å². The summed E-state index contributed by atoms with van der Waals surface area (Å²) < 4.78 is 41.4. The second kappa shape index (κ2) is 10.7. The van der Waals surface area contributed by atoms with Gasteiger partial charge < -0.3 is 16.4 Å². The number of carbonyl (C=O) groups is 2. The summed E-state index contributed by atoms with van der Waals surface area (Å²) in [7, 11) is -3.93. The molecule has 3 amide bonds. The standard InChI is InChI=1S/C24H30FN5O4S/c25-18-7-4-8-21(15-18)28-24(32)29-13-14-30(35(33,34)16-17-5-2-1-3-6-17)23(29)22(31)27-20-11-9-19(26)10-12-20/h1-8,15,19-20,23H,9-14,16,26H2,(H,27,31)(H,28,32). The average Bonchev–Trinajstić information content (AvgIpc) is 3.28. The normalized spacial score (nSPS) is 23.1. The number of hydrogen-bond acceptors (Lipinski definition) is 5. The van der Waals surface area contributed by atoms with E-state index in [0.29, 0.717) is 18.4 Å². The molecule has 4 N–H and O–H groups in total. The van der Waals surface area contributed by atoms with E-state index in [0.717, 1.165) is 23.2 Å². The fraction of sp³-hybridized carbons (Fsp3) is 0.417. The number of nitrogens with two attached hydrogens (primary N) is 1. The van der Waals surface area contributed by atoms with Crippen molar-refractivity contribution in [1.82, 2.24) is 14.5 Å². The lowest BCUT2D eigenvalue weighted by molar-refractivity contribution is -0.128. The van der Waals surface area contributed by atoms with Gasteiger partial charge in [-0.3, -0.25) is 9.69 Å². The molecule has 1 unspecified atom stereocenters. The smallest absolute Gasteiger partial charge is 0.323 e. The van der Waals surface area contributed by atoms with Crippen LogP contribution in [0.4, 0.5) is 14.9 Å². The lowest BCUT2D eigenvalue weighted by atomic mass is 9.92. The molecule has 2 aromatic rings. The van der Waals surface area contributed by atoms with Crippen molar-refractivity contribution >= 4 is 27.6 Å². The second-order valence-electron chi connectivity index (χ2n) is 8.98. The molecule has 1 atom stereocenters.